The van der Waals surface area contributed by atoms with Gasteiger partial charge in [0.05, 0.1) is 6.04 Å². The first-order valence-electron chi connectivity index (χ1n) is 9.63. The zero-order chi connectivity index (χ0) is 19.3. The van der Waals surface area contributed by atoms with Crippen molar-refractivity contribution in [1.29, 1.82) is 0 Å². The van der Waals surface area contributed by atoms with E-state index in [9.17, 15) is 0 Å². The fourth-order valence-electron chi connectivity index (χ4n) is 4.03. The van der Waals surface area contributed by atoms with Gasteiger partial charge in [0.25, 0.3) is 0 Å². The first-order chi connectivity index (χ1) is 13.7. The average molecular weight is 394 g/mol. The Morgan fingerprint density at radius 2 is 1.61 bits per heavy atom. The van der Waals surface area contributed by atoms with E-state index in [4.69, 9.17) is 21.4 Å². The highest BCUT2D eigenvalue weighted by atomic mass is 35.5. The number of halogens is 1. The molecule has 4 rings (SSSR count). The number of benzene rings is 3. The van der Waals surface area contributed by atoms with E-state index in [0.717, 1.165) is 24.9 Å². The van der Waals surface area contributed by atoms with Crippen molar-refractivity contribution in [1.82, 2.24) is 4.90 Å². The van der Waals surface area contributed by atoms with E-state index in [0.29, 0.717) is 16.8 Å². The number of likely N-dealkylation sites (tertiary alicyclic amines) is 1. The molecule has 3 aromatic rings. The molecule has 0 bridgehead atoms. The molecule has 0 amide bonds. The van der Waals surface area contributed by atoms with E-state index in [-0.39, 0.29) is 12.8 Å². The minimum atomic E-state index is -0.348. The molecule has 1 unspecified atom stereocenters. The SMILES string of the molecule is OCOc1cc(Cl)cc(CC2CCN2C(c2ccccc2)c2ccccc2)c1. The lowest BCUT2D eigenvalue weighted by molar-refractivity contribution is 0.0573. The van der Waals surface area contributed by atoms with Gasteiger partial charge in [0, 0.05) is 17.6 Å². The number of rotatable bonds is 7. The predicted octanol–water partition coefficient (Wildman–Crippen LogP) is 5.08. The lowest BCUT2D eigenvalue weighted by Crippen LogP contribution is -2.50. The first-order valence-corrected chi connectivity index (χ1v) is 10.0. The van der Waals surface area contributed by atoms with Crippen molar-refractivity contribution in [3.8, 4) is 5.75 Å². The van der Waals surface area contributed by atoms with Gasteiger partial charge in [-0.25, -0.2) is 0 Å². The summed E-state index contributed by atoms with van der Waals surface area (Å²) in [6.07, 6.45) is 2.05. The minimum Gasteiger partial charge on any atom is -0.468 e. The van der Waals surface area contributed by atoms with Crippen molar-refractivity contribution in [2.45, 2.75) is 24.9 Å². The molecular formula is C24H24ClNO2. The number of hydrogen-bond acceptors (Lipinski definition) is 3. The molecule has 1 aliphatic rings. The molecule has 28 heavy (non-hydrogen) atoms. The third kappa shape index (κ3) is 4.22. The number of hydrogen-bond donors (Lipinski definition) is 1. The molecule has 0 spiro atoms. The monoisotopic (exact) mass is 393 g/mol. The van der Waals surface area contributed by atoms with Gasteiger partial charge in [0.1, 0.15) is 5.75 Å². The summed E-state index contributed by atoms with van der Waals surface area (Å²) in [6.45, 7) is 0.721. The van der Waals surface area contributed by atoms with Crippen molar-refractivity contribution < 1.29 is 9.84 Å². The van der Waals surface area contributed by atoms with Gasteiger partial charge in [-0.1, -0.05) is 72.3 Å². The van der Waals surface area contributed by atoms with Crippen LogP contribution in [0.1, 0.15) is 29.2 Å². The Balaban J connectivity index is 1.59. The Labute approximate surface area is 171 Å². The third-order valence-corrected chi connectivity index (χ3v) is 5.60. The Hall–Kier alpha value is -2.33. The van der Waals surface area contributed by atoms with E-state index in [1.807, 2.05) is 12.1 Å². The van der Waals surface area contributed by atoms with Crippen molar-refractivity contribution in [3.05, 3.63) is 101 Å². The summed E-state index contributed by atoms with van der Waals surface area (Å²) in [4.78, 5) is 2.57. The topological polar surface area (TPSA) is 32.7 Å². The van der Waals surface area contributed by atoms with E-state index < -0.39 is 0 Å². The lowest BCUT2D eigenvalue weighted by Gasteiger charge is -2.47. The Kier molecular flexibility index (Phi) is 5.96. The summed E-state index contributed by atoms with van der Waals surface area (Å²) in [7, 11) is 0. The smallest absolute Gasteiger partial charge is 0.186 e. The predicted molar refractivity (Wildman–Crippen MR) is 113 cm³/mol. The van der Waals surface area contributed by atoms with Crippen LogP contribution in [-0.2, 0) is 6.42 Å². The Morgan fingerprint density at radius 1 is 0.964 bits per heavy atom. The largest absolute Gasteiger partial charge is 0.468 e. The number of ether oxygens (including phenoxy) is 1. The third-order valence-electron chi connectivity index (χ3n) is 5.39. The normalized spacial score (nSPS) is 16.8. The average Bonchev–Trinajstić information content (AvgIpc) is 2.70. The molecule has 4 heteroatoms. The maximum atomic E-state index is 9.03. The summed E-state index contributed by atoms with van der Waals surface area (Å²) in [5.74, 6) is 0.610. The highest BCUT2D eigenvalue weighted by Crippen LogP contribution is 2.37. The Morgan fingerprint density at radius 3 is 2.14 bits per heavy atom. The molecule has 0 saturated carbocycles. The van der Waals surface area contributed by atoms with Gasteiger partial charge in [-0.05, 0) is 47.7 Å². The molecule has 3 aromatic carbocycles. The van der Waals surface area contributed by atoms with Crippen LogP contribution in [0.25, 0.3) is 0 Å². The van der Waals surface area contributed by atoms with Gasteiger partial charge >= 0.3 is 0 Å². The van der Waals surface area contributed by atoms with Gasteiger partial charge in [0.15, 0.2) is 6.79 Å². The molecule has 3 nitrogen and oxygen atoms in total. The van der Waals surface area contributed by atoms with Crippen LogP contribution in [-0.4, -0.2) is 29.4 Å². The second-order valence-electron chi connectivity index (χ2n) is 7.18. The van der Waals surface area contributed by atoms with E-state index in [1.54, 1.807) is 6.07 Å². The quantitative estimate of drug-likeness (QED) is 0.568. The van der Waals surface area contributed by atoms with Crippen LogP contribution in [0.2, 0.25) is 5.02 Å². The molecule has 0 radical (unpaired) electrons. The fraction of sp³-hybridized carbons (Fsp3) is 0.250. The summed E-state index contributed by atoms with van der Waals surface area (Å²) >= 11 is 6.25. The zero-order valence-corrected chi connectivity index (χ0v) is 16.4. The molecule has 0 aliphatic carbocycles. The van der Waals surface area contributed by atoms with Gasteiger partial charge < -0.3 is 9.84 Å². The molecule has 1 heterocycles. The van der Waals surface area contributed by atoms with Crippen LogP contribution in [0.5, 0.6) is 5.75 Å². The summed E-state index contributed by atoms with van der Waals surface area (Å²) in [5.41, 5.74) is 3.76. The molecule has 1 atom stereocenters. The van der Waals surface area contributed by atoms with Crippen LogP contribution in [0.3, 0.4) is 0 Å². The minimum absolute atomic E-state index is 0.244. The standard InChI is InChI=1S/C24H24ClNO2/c25-21-13-18(15-23(16-21)28-17-27)14-22-11-12-26(22)24(19-7-3-1-4-8-19)20-9-5-2-6-10-20/h1-10,13,15-16,22,24,27H,11-12,14,17H2. The van der Waals surface area contributed by atoms with Crippen LogP contribution in [0, 0.1) is 0 Å². The van der Waals surface area contributed by atoms with Crippen LogP contribution < -0.4 is 4.74 Å². The van der Waals surface area contributed by atoms with Crippen LogP contribution in [0.4, 0.5) is 0 Å². The van der Waals surface area contributed by atoms with Crippen molar-refractivity contribution >= 4 is 11.6 Å². The summed E-state index contributed by atoms with van der Waals surface area (Å²) in [5, 5.41) is 9.67. The molecule has 1 saturated heterocycles. The maximum absolute atomic E-state index is 9.03. The second-order valence-corrected chi connectivity index (χ2v) is 7.61. The van der Waals surface area contributed by atoms with Crippen molar-refractivity contribution in [2.24, 2.45) is 0 Å². The van der Waals surface area contributed by atoms with Crippen molar-refractivity contribution in [2.75, 3.05) is 13.3 Å². The summed E-state index contributed by atoms with van der Waals surface area (Å²) in [6, 6.07) is 27.8. The fourth-order valence-corrected chi connectivity index (χ4v) is 4.28. The molecule has 0 aromatic heterocycles. The highest BCUT2D eigenvalue weighted by Gasteiger charge is 2.35. The zero-order valence-electron chi connectivity index (χ0n) is 15.7. The van der Waals surface area contributed by atoms with Gasteiger partial charge in [-0.15, -0.1) is 0 Å². The van der Waals surface area contributed by atoms with E-state index in [2.05, 4.69) is 65.6 Å². The molecule has 1 aliphatic heterocycles. The second kappa shape index (κ2) is 8.78. The summed E-state index contributed by atoms with van der Waals surface area (Å²) < 4.78 is 5.23. The number of aliphatic hydroxyl groups is 1. The molecule has 1 N–H and O–H groups in total. The molecular weight excluding hydrogens is 370 g/mol. The van der Waals surface area contributed by atoms with Gasteiger partial charge in [-0.3, -0.25) is 4.90 Å². The number of nitrogens with zero attached hydrogens (tertiary/aromatic N) is 1. The lowest BCUT2D eigenvalue weighted by atomic mass is 9.88. The van der Waals surface area contributed by atoms with Crippen LogP contribution in [0.15, 0.2) is 78.9 Å². The van der Waals surface area contributed by atoms with Gasteiger partial charge in [-0.2, -0.15) is 0 Å². The highest BCUT2D eigenvalue weighted by molar-refractivity contribution is 6.30. The van der Waals surface area contributed by atoms with Crippen molar-refractivity contribution in [3.63, 3.8) is 0 Å². The van der Waals surface area contributed by atoms with E-state index >= 15 is 0 Å². The van der Waals surface area contributed by atoms with Gasteiger partial charge in [0.2, 0.25) is 0 Å². The maximum Gasteiger partial charge on any atom is 0.186 e. The molecule has 1 fully saturated rings. The Bertz CT molecular complexity index is 861. The molecule has 144 valence electrons. The van der Waals surface area contributed by atoms with Crippen LogP contribution >= 0.6 is 11.6 Å². The first kappa shape index (κ1) is 19.0. The number of aliphatic hydroxyl groups excluding tert-OH is 1. The van der Waals surface area contributed by atoms with E-state index in [1.165, 1.54) is 11.1 Å².